The van der Waals surface area contributed by atoms with E-state index in [0.717, 1.165) is 12.8 Å². The van der Waals surface area contributed by atoms with E-state index >= 15 is 0 Å². The Morgan fingerprint density at radius 3 is 1.50 bits per heavy atom. The molecule has 0 aromatic heterocycles. The highest BCUT2D eigenvalue weighted by molar-refractivity contribution is 6.11. The second-order valence-electron chi connectivity index (χ2n) is 10.7. The van der Waals surface area contributed by atoms with Gasteiger partial charge >= 0.3 is 0 Å². The average Bonchev–Trinajstić information content (AvgIpc) is 2.93. The second-order valence-corrected chi connectivity index (χ2v) is 10.7. The summed E-state index contributed by atoms with van der Waals surface area (Å²) in [5.41, 5.74) is 10.3. The molecule has 2 atom stereocenters. The van der Waals surface area contributed by atoms with Crippen molar-refractivity contribution in [3.05, 3.63) is 142 Å². The molecule has 0 N–H and O–H groups in total. The first-order chi connectivity index (χ1) is 17.8. The molecule has 0 saturated heterocycles. The lowest BCUT2D eigenvalue weighted by molar-refractivity contribution is -0.120. The van der Waals surface area contributed by atoms with Crippen molar-refractivity contribution in [3.63, 3.8) is 0 Å². The normalized spacial score (nSPS) is 18.9. The number of hydrogen-bond donors (Lipinski definition) is 0. The molecule has 2 unspecified atom stereocenters. The van der Waals surface area contributed by atoms with Gasteiger partial charge in [-0.2, -0.15) is 0 Å². The molecule has 0 bridgehead atoms. The summed E-state index contributed by atoms with van der Waals surface area (Å²) in [6.45, 7) is 0. The van der Waals surface area contributed by atoms with Crippen LogP contribution in [0.2, 0.25) is 0 Å². The average molecular weight is 459 g/mol. The van der Waals surface area contributed by atoms with Gasteiger partial charge in [0.1, 0.15) is 0 Å². The van der Waals surface area contributed by atoms with Crippen LogP contribution in [-0.4, -0.2) is 5.78 Å². The predicted octanol–water partition coefficient (Wildman–Crippen LogP) is 7.80. The molecule has 0 spiro atoms. The van der Waals surface area contributed by atoms with Crippen LogP contribution in [0.4, 0.5) is 0 Å². The third kappa shape index (κ3) is 2.20. The predicted molar refractivity (Wildman–Crippen MR) is 146 cm³/mol. The zero-order valence-electron chi connectivity index (χ0n) is 19.7. The molecule has 168 valence electrons. The van der Waals surface area contributed by atoms with Gasteiger partial charge in [-0.1, -0.05) is 97.1 Å². The van der Waals surface area contributed by atoms with Crippen molar-refractivity contribution in [2.45, 2.75) is 24.7 Å². The van der Waals surface area contributed by atoms with Crippen LogP contribution in [0.3, 0.4) is 0 Å². The van der Waals surface area contributed by atoms with Gasteiger partial charge in [0.2, 0.25) is 0 Å². The summed E-state index contributed by atoms with van der Waals surface area (Å²) in [4.78, 5) is 14.8. The van der Waals surface area contributed by atoms with Gasteiger partial charge in [-0.25, -0.2) is 0 Å². The van der Waals surface area contributed by atoms with Crippen LogP contribution in [0, 0.1) is 0 Å². The van der Waals surface area contributed by atoms with E-state index in [9.17, 15) is 4.79 Å². The summed E-state index contributed by atoms with van der Waals surface area (Å²) in [7, 11) is 0. The minimum Gasteiger partial charge on any atom is -0.298 e. The molecule has 9 rings (SSSR count). The Hall–Kier alpha value is -4.23. The highest BCUT2D eigenvalue weighted by atomic mass is 16.1. The lowest BCUT2D eigenvalue weighted by atomic mass is 9.61. The number of rotatable bonds is 0. The number of benzene rings is 6. The fourth-order valence-corrected chi connectivity index (χ4v) is 7.62. The van der Waals surface area contributed by atoms with Crippen LogP contribution < -0.4 is 0 Å². The van der Waals surface area contributed by atoms with E-state index < -0.39 is 0 Å². The summed E-state index contributed by atoms with van der Waals surface area (Å²) < 4.78 is 0. The Kier molecular flexibility index (Phi) is 3.43. The number of carbonyl (C=O) groups excluding carboxylic acids is 1. The van der Waals surface area contributed by atoms with E-state index in [4.69, 9.17) is 0 Å². The van der Waals surface area contributed by atoms with E-state index in [1.165, 1.54) is 76.8 Å². The van der Waals surface area contributed by atoms with Crippen molar-refractivity contribution in [1.29, 1.82) is 0 Å². The molecular weight excluding hydrogens is 436 g/mol. The van der Waals surface area contributed by atoms with Crippen molar-refractivity contribution >= 4 is 38.1 Å². The molecule has 6 aromatic carbocycles. The molecule has 6 aromatic rings. The highest BCUT2D eigenvalue weighted by Crippen LogP contribution is 2.54. The van der Waals surface area contributed by atoms with E-state index in [0.29, 0.717) is 5.78 Å². The number of fused-ring (bicyclic) bond motifs is 8. The Labute approximate surface area is 209 Å². The van der Waals surface area contributed by atoms with Crippen molar-refractivity contribution in [2.24, 2.45) is 0 Å². The highest BCUT2D eigenvalue weighted by Gasteiger charge is 2.45. The van der Waals surface area contributed by atoms with E-state index in [1.807, 2.05) is 0 Å². The molecule has 0 saturated carbocycles. The number of ketones is 1. The molecular formula is C35H22O. The SMILES string of the molecule is O=C1C2c3ccc4ccccc4c3Cc3ccc4ccc5c(c4c32)C1c1ccc2ccccc2c1C5. The fraction of sp³-hybridized carbons (Fsp3) is 0.114. The molecule has 3 aliphatic rings. The molecule has 3 aliphatic carbocycles. The molecule has 0 radical (unpaired) electrons. The topological polar surface area (TPSA) is 17.1 Å². The first kappa shape index (κ1) is 19.0. The summed E-state index contributed by atoms with van der Waals surface area (Å²) in [6, 6.07) is 35.3. The largest absolute Gasteiger partial charge is 0.298 e. The third-order valence-corrected chi connectivity index (χ3v) is 9.10. The van der Waals surface area contributed by atoms with Gasteiger partial charge in [-0.05, 0) is 89.7 Å². The molecule has 0 heterocycles. The van der Waals surface area contributed by atoms with Crippen LogP contribution in [0.25, 0.3) is 32.3 Å². The number of hydrogen-bond acceptors (Lipinski definition) is 1. The maximum atomic E-state index is 14.8. The van der Waals surface area contributed by atoms with Gasteiger partial charge < -0.3 is 0 Å². The molecule has 0 amide bonds. The van der Waals surface area contributed by atoms with Crippen LogP contribution >= 0.6 is 0 Å². The minimum absolute atomic E-state index is 0.206. The smallest absolute Gasteiger partial charge is 0.156 e. The van der Waals surface area contributed by atoms with Crippen LogP contribution in [0.1, 0.15) is 56.3 Å². The Balaban J connectivity index is 1.41. The van der Waals surface area contributed by atoms with Crippen molar-refractivity contribution in [1.82, 2.24) is 0 Å². The Morgan fingerprint density at radius 2 is 0.972 bits per heavy atom. The van der Waals surface area contributed by atoms with Gasteiger partial charge in [0.15, 0.2) is 5.78 Å². The van der Waals surface area contributed by atoms with Gasteiger partial charge in [-0.15, -0.1) is 0 Å². The molecule has 36 heavy (non-hydrogen) atoms. The summed E-state index contributed by atoms with van der Waals surface area (Å²) in [6.07, 6.45) is 1.78. The third-order valence-electron chi connectivity index (χ3n) is 9.10. The maximum absolute atomic E-state index is 14.8. The Bertz CT molecular complexity index is 1840. The summed E-state index contributed by atoms with van der Waals surface area (Å²) in [5, 5.41) is 7.68. The number of Topliss-reactive ketones (excluding diaryl/α,β-unsaturated/α-hetero) is 1. The molecule has 0 aliphatic heterocycles. The zero-order valence-corrected chi connectivity index (χ0v) is 19.7. The van der Waals surface area contributed by atoms with Gasteiger partial charge in [0, 0.05) is 0 Å². The molecule has 0 fully saturated rings. The van der Waals surface area contributed by atoms with Crippen LogP contribution in [0.5, 0.6) is 0 Å². The first-order valence-corrected chi connectivity index (χ1v) is 12.9. The molecule has 1 heteroatoms. The minimum atomic E-state index is -0.206. The lowest BCUT2D eigenvalue weighted by Crippen LogP contribution is -2.34. The van der Waals surface area contributed by atoms with E-state index in [2.05, 4.69) is 97.1 Å². The van der Waals surface area contributed by atoms with Crippen molar-refractivity contribution in [2.75, 3.05) is 0 Å². The van der Waals surface area contributed by atoms with Crippen LogP contribution in [-0.2, 0) is 17.6 Å². The van der Waals surface area contributed by atoms with E-state index in [-0.39, 0.29) is 11.8 Å². The van der Waals surface area contributed by atoms with Gasteiger partial charge in [0.05, 0.1) is 11.8 Å². The van der Waals surface area contributed by atoms with E-state index in [1.54, 1.807) is 0 Å². The maximum Gasteiger partial charge on any atom is 0.156 e. The fourth-order valence-electron chi connectivity index (χ4n) is 7.62. The van der Waals surface area contributed by atoms with Crippen LogP contribution in [0.15, 0.2) is 97.1 Å². The summed E-state index contributed by atoms with van der Waals surface area (Å²) in [5.74, 6) is -0.0689. The lowest BCUT2D eigenvalue weighted by Gasteiger charge is -2.40. The van der Waals surface area contributed by atoms with Crippen molar-refractivity contribution < 1.29 is 4.79 Å². The second kappa shape index (κ2) is 6.50. The zero-order chi connectivity index (χ0) is 23.5. The monoisotopic (exact) mass is 458 g/mol. The van der Waals surface area contributed by atoms with Gasteiger partial charge in [-0.3, -0.25) is 4.79 Å². The summed E-state index contributed by atoms with van der Waals surface area (Å²) >= 11 is 0. The number of carbonyl (C=O) groups is 1. The quantitative estimate of drug-likeness (QED) is 0.227. The molecule has 1 nitrogen and oxygen atoms in total. The van der Waals surface area contributed by atoms with Gasteiger partial charge in [0.25, 0.3) is 0 Å². The van der Waals surface area contributed by atoms with Crippen molar-refractivity contribution in [3.8, 4) is 0 Å². The first-order valence-electron chi connectivity index (χ1n) is 12.9. The Morgan fingerprint density at radius 1 is 0.500 bits per heavy atom. The standard InChI is InChI=1S/C35H22O/c36-35-33-26-15-13-19-5-1-3-7-24(19)28(26)17-22-11-9-21-10-12-23-18-29-25-8-4-2-6-20(25)14-16-27(29)34(35)32(23)30(21)31(22)33/h1-16,33-34H,17-18H2.